The molecule has 0 saturated carbocycles. The van der Waals surface area contributed by atoms with Crippen LogP contribution >= 0.6 is 23.2 Å². The number of aliphatic imine (C=N–C) groups is 2. The van der Waals surface area contributed by atoms with E-state index in [1.165, 1.54) is 0 Å². The molecule has 0 amide bonds. The summed E-state index contributed by atoms with van der Waals surface area (Å²) in [6.07, 6.45) is 0. The molecule has 1 aromatic rings. The van der Waals surface area contributed by atoms with E-state index in [4.69, 9.17) is 40.4 Å². The number of halogens is 2. The molecule has 6 N–H and O–H groups in total. The molecule has 1 aromatic carbocycles. The first-order valence-corrected chi connectivity index (χ1v) is 5.23. The maximum Gasteiger partial charge on any atom is 0.221 e. The highest BCUT2D eigenvalue weighted by molar-refractivity contribution is 6.43. The van der Waals surface area contributed by atoms with Gasteiger partial charge in [-0.25, -0.2) is 4.99 Å². The number of rotatable bonds is 2. The highest BCUT2D eigenvalue weighted by atomic mass is 35.5. The molecule has 17 heavy (non-hydrogen) atoms. The minimum Gasteiger partial charge on any atom is -0.395 e. The summed E-state index contributed by atoms with van der Waals surface area (Å²) in [5.74, 6) is -0.0809. The maximum atomic E-state index is 5.99. The Labute approximate surface area is 109 Å². The van der Waals surface area contributed by atoms with Crippen LogP contribution in [0.15, 0.2) is 34.0 Å². The van der Waals surface area contributed by atoms with Crippen LogP contribution in [-0.2, 0) is 0 Å². The van der Waals surface area contributed by atoms with Crippen molar-refractivity contribution in [3.05, 3.63) is 39.6 Å². The van der Waals surface area contributed by atoms with E-state index in [0.717, 1.165) is 0 Å². The lowest BCUT2D eigenvalue weighted by molar-refractivity contribution is 1.20. The number of nitrogens with two attached hydrogens (primary N) is 3. The molecule has 0 fully saturated rings. The molecule has 0 unspecified atom stereocenters. The highest BCUT2D eigenvalue weighted by Crippen LogP contribution is 2.29. The third-order valence-electron chi connectivity index (χ3n) is 1.91. The number of benzene rings is 1. The van der Waals surface area contributed by atoms with Crippen molar-refractivity contribution in [3.8, 4) is 0 Å². The van der Waals surface area contributed by atoms with Gasteiger partial charge in [0.15, 0.2) is 5.82 Å². The first-order chi connectivity index (χ1) is 7.97. The zero-order valence-corrected chi connectivity index (χ0v) is 10.3. The molecule has 5 nitrogen and oxygen atoms in total. The summed E-state index contributed by atoms with van der Waals surface area (Å²) >= 11 is 11.8. The molecule has 0 radical (unpaired) electrons. The Bertz CT molecular complexity index is 507. The van der Waals surface area contributed by atoms with Crippen molar-refractivity contribution in [2.75, 3.05) is 0 Å². The van der Waals surface area contributed by atoms with Crippen LogP contribution in [0, 0.1) is 0 Å². The second kappa shape index (κ2) is 5.56. The second-order valence-electron chi connectivity index (χ2n) is 3.03. The molecule has 0 spiro atoms. The third-order valence-corrected chi connectivity index (χ3v) is 2.73. The average Bonchev–Trinajstić information content (AvgIpc) is 2.31. The van der Waals surface area contributed by atoms with Crippen molar-refractivity contribution in [3.63, 3.8) is 0 Å². The molecule has 90 valence electrons. The zero-order chi connectivity index (χ0) is 13.0. The summed E-state index contributed by atoms with van der Waals surface area (Å²) in [7, 11) is 0. The smallest absolute Gasteiger partial charge is 0.221 e. The van der Waals surface area contributed by atoms with Crippen LogP contribution in [0.1, 0.15) is 5.56 Å². The van der Waals surface area contributed by atoms with Crippen LogP contribution in [0.4, 0.5) is 0 Å². The summed E-state index contributed by atoms with van der Waals surface area (Å²) in [4.78, 5) is 7.13. The minimum atomic E-state index is -0.0800. The van der Waals surface area contributed by atoms with Gasteiger partial charge in [-0.1, -0.05) is 35.3 Å². The van der Waals surface area contributed by atoms with Crippen LogP contribution < -0.4 is 17.2 Å². The van der Waals surface area contributed by atoms with Gasteiger partial charge in [0.2, 0.25) is 5.96 Å². The summed E-state index contributed by atoms with van der Waals surface area (Å²) < 4.78 is 0. The van der Waals surface area contributed by atoms with E-state index in [1.54, 1.807) is 18.2 Å². The Morgan fingerprint density at radius 1 is 1.18 bits per heavy atom. The molecule has 0 bridgehead atoms. The van der Waals surface area contributed by atoms with E-state index in [9.17, 15) is 0 Å². The molecule has 0 aliphatic carbocycles. The molecular formula is C10H11Cl2N5. The molecular weight excluding hydrogens is 261 g/mol. The van der Waals surface area contributed by atoms with E-state index in [1.807, 2.05) is 0 Å². The van der Waals surface area contributed by atoms with Gasteiger partial charge in [-0.15, -0.1) is 0 Å². The third kappa shape index (κ3) is 3.12. The summed E-state index contributed by atoms with van der Waals surface area (Å²) in [6, 6.07) is 5.01. The number of hydrogen-bond donors (Lipinski definition) is 3. The quantitative estimate of drug-likeness (QED) is 0.562. The van der Waals surface area contributed by atoms with Gasteiger partial charge in [-0.2, -0.15) is 4.99 Å². The molecule has 0 atom stereocenters. The van der Waals surface area contributed by atoms with Crippen LogP contribution in [-0.4, -0.2) is 12.7 Å². The monoisotopic (exact) mass is 271 g/mol. The van der Waals surface area contributed by atoms with Crippen LogP contribution in [0.25, 0.3) is 5.70 Å². The Hall–Kier alpha value is -1.72. The standard InChI is InChI=1S/C10H11Cl2N5/c1-16-10(15)17-9(14)8(13)5-3-2-4-6(11)7(5)12/h2-4H,1,13-14H2,(H2,15,17)/b9-8-. The number of hydrogen-bond acceptors (Lipinski definition) is 3. The van der Waals surface area contributed by atoms with Gasteiger partial charge in [0.1, 0.15) is 0 Å². The molecule has 0 aliphatic rings. The Morgan fingerprint density at radius 3 is 2.41 bits per heavy atom. The van der Waals surface area contributed by atoms with Gasteiger partial charge < -0.3 is 17.2 Å². The fourth-order valence-corrected chi connectivity index (χ4v) is 1.47. The van der Waals surface area contributed by atoms with E-state index in [0.29, 0.717) is 15.6 Å². The van der Waals surface area contributed by atoms with Gasteiger partial charge in [-0.3, -0.25) is 0 Å². The van der Waals surface area contributed by atoms with Crippen molar-refractivity contribution in [2.45, 2.75) is 0 Å². The lowest BCUT2D eigenvalue weighted by Gasteiger charge is -2.07. The van der Waals surface area contributed by atoms with Crippen LogP contribution in [0.3, 0.4) is 0 Å². The van der Waals surface area contributed by atoms with Gasteiger partial charge in [0.25, 0.3) is 0 Å². The fourth-order valence-electron chi connectivity index (χ4n) is 1.07. The van der Waals surface area contributed by atoms with Gasteiger partial charge in [0, 0.05) is 5.56 Å². The molecule has 7 heteroatoms. The lowest BCUT2D eigenvalue weighted by Crippen LogP contribution is -2.13. The van der Waals surface area contributed by atoms with Gasteiger partial charge in [0.05, 0.1) is 15.7 Å². The van der Waals surface area contributed by atoms with E-state index in [2.05, 4.69) is 16.7 Å². The first kappa shape index (κ1) is 13.3. The predicted molar refractivity (Wildman–Crippen MR) is 72.9 cm³/mol. The predicted octanol–water partition coefficient (Wildman–Crippen LogP) is 1.55. The average molecular weight is 272 g/mol. The summed E-state index contributed by atoms with van der Waals surface area (Å²) in [6.45, 7) is 3.21. The summed E-state index contributed by atoms with van der Waals surface area (Å²) in [5, 5.41) is 0.675. The number of nitrogens with zero attached hydrogens (tertiary/aromatic N) is 2. The lowest BCUT2D eigenvalue weighted by atomic mass is 10.1. The molecule has 1 rings (SSSR count). The highest BCUT2D eigenvalue weighted by Gasteiger charge is 2.09. The largest absolute Gasteiger partial charge is 0.395 e. The molecule has 0 heterocycles. The Balaban J connectivity index is 3.28. The van der Waals surface area contributed by atoms with Crippen molar-refractivity contribution < 1.29 is 0 Å². The summed E-state index contributed by atoms with van der Waals surface area (Å²) in [5.41, 5.74) is 17.4. The van der Waals surface area contributed by atoms with Crippen molar-refractivity contribution in [1.29, 1.82) is 0 Å². The Morgan fingerprint density at radius 2 is 1.82 bits per heavy atom. The SMILES string of the molecule is C=N/C(N)=N\C(N)=C(/N)c1cccc(Cl)c1Cl. The Kier molecular flexibility index (Phi) is 4.37. The first-order valence-electron chi connectivity index (χ1n) is 4.48. The number of guanidine groups is 1. The van der Waals surface area contributed by atoms with E-state index in [-0.39, 0.29) is 17.5 Å². The molecule has 0 saturated heterocycles. The molecule has 0 aromatic heterocycles. The maximum absolute atomic E-state index is 5.99. The van der Waals surface area contributed by atoms with E-state index < -0.39 is 0 Å². The van der Waals surface area contributed by atoms with Crippen LogP contribution in [0.5, 0.6) is 0 Å². The topological polar surface area (TPSA) is 103 Å². The van der Waals surface area contributed by atoms with E-state index >= 15 is 0 Å². The fraction of sp³-hybridized carbons (Fsp3) is 0. The van der Waals surface area contributed by atoms with Crippen molar-refractivity contribution >= 4 is 41.6 Å². The van der Waals surface area contributed by atoms with Gasteiger partial charge >= 0.3 is 0 Å². The minimum absolute atomic E-state index is 0.000864. The van der Waals surface area contributed by atoms with Crippen molar-refractivity contribution in [1.82, 2.24) is 0 Å². The normalized spacial score (nSPS) is 13.2. The van der Waals surface area contributed by atoms with Crippen molar-refractivity contribution in [2.24, 2.45) is 27.2 Å². The second-order valence-corrected chi connectivity index (χ2v) is 3.81. The van der Waals surface area contributed by atoms with Gasteiger partial charge in [-0.05, 0) is 12.8 Å². The molecule has 0 aliphatic heterocycles. The van der Waals surface area contributed by atoms with Crippen LogP contribution in [0.2, 0.25) is 10.0 Å². The zero-order valence-electron chi connectivity index (χ0n) is 8.82.